The lowest BCUT2D eigenvalue weighted by atomic mass is 10.0. The van der Waals surface area contributed by atoms with E-state index in [4.69, 9.17) is 15.2 Å². The van der Waals surface area contributed by atoms with Crippen molar-refractivity contribution >= 4 is 18.1 Å². The smallest absolute Gasteiger partial charge is 0.133 e. The highest BCUT2D eigenvalue weighted by molar-refractivity contribution is 5.85. The molecule has 0 fully saturated rings. The maximum absolute atomic E-state index is 6.07. The average molecular weight is 322 g/mol. The highest BCUT2D eigenvalue weighted by Gasteiger charge is 2.11. The van der Waals surface area contributed by atoms with Gasteiger partial charge in [-0.3, -0.25) is 0 Å². The highest BCUT2D eigenvalue weighted by atomic mass is 35.5. The lowest BCUT2D eigenvalue weighted by Gasteiger charge is -2.16. The van der Waals surface area contributed by atoms with Gasteiger partial charge in [0.1, 0.15) is 17.2 Å². The second kappa shape index (κ2) is 7.41. The van der Waals surface area contributed by atoms with Gasteiger partial charge in [-0.1, -0.05) is 13.8 Å². The minimum atomic E-state index is 0. The third kappa shape index (κ3) is 3.86. The maximum atomic E-state index is 6.07. The van der Waals surface area contributed by atoms with Gasteiger partial charge < -0.3 is 15.2 Å². The van der Waals surface area contributed by atoms with Gasteiger partial charge in [-0.2, -0.15) is 0 Å². The molecule has 4 heteroatoms. The zero-order valence-corrected chi connectivity index (χ0v) is 14.6. The summed E-state index contributed by atoms with van der Waals surface area (Å²) < 4.78 is 11.5. The monoisotopic (exact) mass is 321 g/mol. The van der Waals surface area contributed by atoms with E-state index in [0.29, 0.717) is 5.92 Å². The van der Waals surface area contributed by atoms with E-state index in [0.717, 1.165) is 39.6 Å². The van der Waals surface area contributed by atoms with Crippen LogP contribution in [0.5, 0.6) is 17.2 Å². The van der Waals surface area contributed by atoms with Crippen molar-refractivity contribution in [2.24, 2.45) is 0 Å². The van der Waals surface area contributed by atoms with Crippen LogP contribution in [0.1, 0.15) is 36.5 Å². The normalized spacial score (nSPS) is 10.3. The Morgan fingerprint density at radius 2 is 1.59 bits per heavy atom. The summed E-state index contributed by atoms with van der Waals surface area (Å²) in [6.07, 6.45) is 0. The molecule has 0 aliphatic heterocycles. The zero-order chi connectivity index (χ0) is 15.6. The van der Waals surface area contributed by atoms with E-state index >= 15 is 0 Å². The molecule has 0 aromatic heterocycles. The van der Waals surface area contributed by atoms with Crippen molar-refractivity contribution in [3.63, 3.8) is 0 Å². The van der Waals surface area contributed by atoms with Crippen LogP contribution in [0.4, 0.5) is 5.69 Å². The van der Waals surface area contributed by atoms with Crippen LogP contribution >= 0.6 is 12.4 Å². The van der Waals surface area contributed by atoms with E-state index in [1.807, 2.05) is 44.2 Å². The van der Waals surface area contributed by atoms with Crippen LogP contribution < -0.4 is 15.2 Å². The van der Waals surface area contributed by atoms with E-state index in [1.165, 1.54) is 0 Å². The predicted octanol–water partition coefficient (Wildman–Crippen LogP) is 5.23. The van der Waals surface area contributed by atoms with Crippen molar-refractivity contribution in [1.29, 1.82) is 0 Å². The summed E-state index contributed by atoms with van der Waals surface area (Å²) in [7, 11) is 1.69. The first-order valence-corrected chi connectivity index (χ1v) is 7.15. The molecule has 0 amide bonds. The molecule has 22 heavy (non-hydrogen) atoms. The summed E-state index contributed by atoms with van der Waals surface area (Å²) in [5, 5.41) is 0. The number of ether oxygens (including phenoxy) is 2. The fourth-order valence-corrected chi connectivity index (χ4v) is 2.49. The molecule has 120 valence electrons. The summed E-state index contributed by atoms with van der Waals surface area (Å²) in [6, 6.07) is 9.77. The summed E-state index contributed by atoms with van der Waals surface area (Å²) in [5.74, 6) is 2.94. The molecule has 0 spiro atoms. The SMILES string of the molecule is COc1ccc(Oc2c(C)cc(N)cc2C)cc1C(C)C.Cl. The van der Waals surface area contributed by atoms with Crippen LogP contribution in [0.15, 0.2) is 30.3 Å². The fourth-order valence-electron chi connectivity index (χ4n) is 2.49. The van der Waals surface area contributed by atoms with Crippen molar-refractivity contribution in [3.8, 4) is 17.2 Å². The lowest BCUT2D eigenvalue weighted by Crippen LogP contribution is -1.97. The Labute approximate surface area is 138 Å². The van der Waals surface area contributed by atoms with Gasteiger partial charge in [-0.15, -0.1) is 12.4 Å². The van der Waals surface area contributed by atoms with E-state index in [-0.39, 0.29) is 12.4 Å². The third-order valence-corrected chi connectivity index (χ3v) is 3.53. The van der Waals surface area contributed by atoms with Crippen LogP contribution in [0.2, 0.25) is 0 Å². The first kappa shape index (κ1) is 18.2. The van der Waals surface area contributed by atoms with Crippen molar-refractivity contribution < 1.29 is 9.47 Å². The van der Waals surface area contributed by atoms with Gasteiger partial charge in [0.15, 0.2) is 0 Å². The zero-order valence-electron chi connectivity index (χ0n) is 13.8. The molecule has 0 radical (unpaired) electrons. The Hall–Kier alpha value is -1.87. The van der Waals surface area contributed by atoms with E-state index < -0.39 is 0 Å². The standard InChI is InChI=1S/C18H23NO2.ClH/c1-11(2)16-10-15(6-7-17(16)20-5)21-18-12(3)8-14(19)9-13(18)4;/h6-11H,19H2,1-5H3;1H. The topological polar surface area (TPSA) is 44.5 Å². The number of rotatable bonds is 4. The summed E-state index contributed by atoms with van der Waals surface area (Å²) >= 11 is 0. The van der Waals surface area contributed by atoms with Gasteiger partial charge in [0.2, 0.25) is 0 Å². The molecule has 0 aliphatic carbocycles. The number of nitrogen functional groups attached to an aromatic ring is 1. The molecule has 0 aliphatic rings. The molecule has 2 aromatic rings. The Morgan fingerprint density at radius 1 is 1.00 bits per heavy atom. The first-order chi connectivity index (χ1) is 9.92. The molecule has 0 bridgehead atoms. The van der Waals surface area contributed by atoms with Gasteiger partial charge in [0.25, 0.3) is 0 Å². The van der Waals surface area contributed by atoms with Crippen molar-refractivity contribution in [2.45, 2.75) is 33.6 Å². The number of hydrogen-bond acceptors (Lipinski definition) is 3. The van der Waals surface area contributed by atoms with Gasteiger partial charge in [0, 0.05) is 11.3 Å². The van der Waals surface area contributed by atoms with Crippen molar-refractivity contribution in [1.82, 2.24) is 0 Å². The van der Waals surface area contributed by atoms with Gasteiger partial charge in [-0.05, 0) is 61.2 Å². The molecule has 0 unspecified atom stereocenters. The Kier molecular flexibility index (Phi) is 6.12. The van der Waals surface area contributed by atoms with Crippen molar-refractivity contribution in [2.75, 3.05) is 12.8 Å². The van der Waals surface area contributed by atoms with Crippen molar-refractivity contribution in [3.05, 3.63) is 47.0 Å². The first-order valence-electron chi connectivity index (χ1n) is 7.15. The molecule has 2 aromatic carbocycles. The lowest BCUT2D eigenvalue weighted by molar-refractivity contribution is 0.405. The molecular weight excluding hydrogens is 298 g/mol. The number of aryl methyl sites for hydroxylation is 2. The number of halogens is 1. The number of hydrogen-bond donors (Lipinski definition) is 1. The van der Waals surface area contributed by atoms with Crippen LogP contribution in [0.3, 0.4) is 0 Å². The largest absolute Gasteiger partial charge is 0.496 e. The molecule has 2 N–H and O–H groups in total. The summed E-state index contributed by atoms with van der Waals surface area (Å²) in [4.78, 5) is 0. The van der Waals surface area contributed by atoms with Crippen LogP contribution in [-0.2, 0) is 0 Å². The van der Waals surface area contributed by atoms with Gasteiger partial charge >= 0.3 is 0 Å². The van der Waals surface area contributed by atoms with E-state index in [2.05, 4.69) is 13.8 Å². The van der Waals surface area contributed by atoms with Crippen LogP contribution in [-0.4, -0.2) is 7.11 Å². The Bertz CT molecular complexity index is 631. The number of anilines is 1. The number of nitrogens with two attached hydrogens (primary N) is 1. The second-order valence-electron chi connectivity index (χ2n) is 5.64. The molecule has 3 nitrogen and oxygen atoms in total. The Morgan fingerprint density at radius 3 is 2.09 bits per heavy atom. The molecule has 0 saturated carbocycles. The number of benzene rings is 2. The molecule has 0 atom stereocenters. The van der Waals surface area contributed by atoms with E-state index in [9.17, 15) is 0 Å². The molecule has 2 rings (SSSR count). The van der Waals surface area contributed by atoms with Gasteiger partial charge in [-0.25, -0.2) is 0 Å². The third-order valence-electron chi connectivity index (χ3n) is 3.53. The quantitative estimate of drug-likeness (QED) is 0.784. The minimum absolute atomic E-state index is 0. The van der Waals surface area contributed by atoms with E-state index in [1.54, 1.807) is 7.11 Å². The predicted molar refractivity (Wildman–Crippen MR) is 94.7 cm³/mol. The average Bonchev–Trinajstić information content (AvgIpc) is 2.42. The summed E-state index contributed by atoms with van der Waals surface area (Å²) in [5.41, 5.74) is 9.82. The molecule has 0 heterocycles. The second-order valence-corrected chi connectivity index (χ2v) is 5.64. The highest BCUT2D eigenvalue weighted by Crippen LogP contribution is 2.35. The molecule has 0 saturated heterocycles. The fraction of sp³-hybridized carbons (Fsp3) is 0.333. The molecular formula is C18H24ClNO2. The summed E-state index contributed by atoms with van der Waals surface area (Å²) in [6.45, 7) is 8.29. The maximum Gasteiger partial charge on any atom is 0.133 e. The minimum Gasteiger partial charge on any atom is -0.496 e. The van der Waals surface area contributed by atoms with Crippen LogP contribution in [0, 0.1) is 13.8 Å². The number of methoxy groups -OCH3 is 1. The van der Waals surface area contributed by atoms with Crippen LogP contribution in [0.25, 0.3) is 0 Å². The van der Waals surface area contributed by atoms with Gasteiger partial charge in [0.05, 0.1) is 7.11 Å². The Balaban J connectivity index is 0.00000242.